The van der Waals surface area contributed by atoms with Crippen molar-refractivity contribution in [2.45, 2.75) is 19.9 Å². The average molecular weight is 379 g/mol. The Kier molecular flexibility index (Phi) is 4.86. The number of nitrogens with one attached hydrogen (secondary N) is 2. The molecule has 1 fully saturated rings. The Morgan fingerprint density at radius 1 is 1.18 bits per heavy atom. The minimum absolute atomic E-state index is 0.0655. The summed E-state index contributed by atoms with van der Waals surface area (Å²) in [6, 6.07) is 15.7. The summed E-state index contributed by atoms with van der Waals surface area (Å²) in [7, 11) is 0. The van der Waals surface area contributed by atoms with Crippen molar-refractivity contribution in [1.29, 1.82) is 0 Å². The monoisotopic (exact) mass is 379 g/mol. The molecule has 144 valence electrons. The molecular formula is C19H21N7O2. The fourth-order valence-corrected chi connectivity index (χ4v) is 3.36. The molecule has 0 radical (unpaired) electrons. The number of nitrogens with zero attached hydrogens (tertiary/aromatic N) is 5. The van der Waals surface area contributed by atoms with Crippen molar-refractivity contribution in [2.24, 2.45) is 0 Å². The first-order valence-electron chi connectivity index (χ1n) is 9.11. The van der Waals surface area contributed by atoms with Crippen LogP contribution in [0.25, 0.3) is 22.5 Å². The first kappa shape index (κ1) is 18.2. The molecular weight excluding hydrogens is 358 g/mol. The van der Waals surface area contributed by atoms with Gasteiger partial charge in [0.05, 0.1) is 0 Å². The van der Waals surface area contributed by atoms with Crippen LogP contribution >= 0.6 is 0 Å². The van der Waals surface area contributed by atoms with Crippen LogP contribution in [0.1, 0.15) is 18.9 Å². The lowest BCUT2D eigenvalue weighted by Crippen LogP contribution is -2.41. The second-order valence-electron chi connectivity index (χ2n) is 6.83. The van der Waals surface area contributed by atoms with Crippen molar-refractivity contribution in [3.63, 3.8) is 0 Å². The Morgan fingerprint density at radius 3 is 2.61 bits per heavy atom. The second-order valence-corrected chi connectivity index (χ2v) is 6.83. The van der Waals surface area contributed by atoms with Gasteiger partial charge in [-0.3, -0.25) is 4.79 Å². The van der Waals surface area contributed by atoms with E-state index in [-0.39, 0.29) is 19.2 Å². The third kappa shape index (κ3) is 3.63. The smallest absolute Gasteiger partial charge is 0.241 e. The number of amides is 1. The number of quaternary nitrogens is 1. The van der Waals surface area contributed by atoms with Gasteiger partial charge in [0.15, 0.2) is 13.3 Å². The Balaban J connectivity index is 1.52. The Hall–Kier alpha value is -3.14. The van der Waals surface area contributed by atoms with E-state index in [4.69, 9.17) is 0 Å². The van der Waals surface area contributed by atoms with E-state index < -0.39 is 4.65 Å². The summed E-state index contributed by atoms with van der Waals surface area (Å²) in [4.78, 5) is 11.8. The van der Waals surface area contributed by atoms with Crippen molar-refractivity contribution < 1.29 is 9.44 Å². The number of hydrogen-bond donors (Lipinski definition) is 2. The van der Waals surface area contributed by atoms with Crippen LogP contribution in [0.3, 0.4) is 0 Å². The molecule has 3 aromatic rings. The topological polar surface area (TPSA) is 110 Å². The lowest BCUT2D eigenvalue weighted by atomic mass is 9.98. The van der Waals surface area contributed by atoms with E-state index in [0.29, 0.717) is 18.8 Å². The van der Waals surface area contributed by atoms with Gasteiger partial charge in [-0.1, -0.05) is 55.5 Å². The predicted molar refractivity (Wildman–Crippen MR) is 102 cm³/mol. The quantitative estimate of drug-likeness (QED) is 0.518. The number of tetrazole rings is 1. The molecule has 1 aliphatic rings. The maximum absolute atomic E-state index is 12.9. The zero-order valence-electron chi connectivity index (χ0n) is 15.5. The maximum atomic E-state index is 12.9. The lowest BCUT2D eigenvalue weighted by molar-refractivity contribution is -0.886. The van der Waals surface area contributed by atoms with Crippen molar-refractivity contribution >= 4 is 5.91 Å². The van der Waals surface area contributed by atoms with Crippen molar-refractivity contribution in [1.82, 2.24) is 31.1 Å². The van der Waals surface area contributed by atoms with Crippen molar-refractivity contribution in [2.75, 3.05) is 13.3 Å². The molecule has 2 N–H and O–H groups in total. The molecule has 28 heavy (non-hydrogen) atoms. The molecule has 0 bridgehead atoms. The van der Waals surface area contributed by atoms with E-state index >= 15 is 0 Å². The molecule has 1 aliphatic heterocycles. The number of carbonyl (C=O) groups excluding carboxylic acids is 1. The highest BCUT2D eigenvalue weighted by atomic mass is 16.6. The molecule has 0 aliphatic carbocycles. The Morgan fingerprint density at radius 2 is 1.93 bits per heavy atom. The number of hydrogen-bond acceptors (Lipinski definition) is 6. The highest BCUT2D eigenvalue weighted by molar-refractivity contribution is 5.80. The SMILES string of the molecule is CCC(=O)N1C[N+]([O-])(Cc2ccc(-c3ccccc3-c3nn[nH]n3)cc2)CN1. The van der Waals surface area contributed by atoms with Crippen molar-refractivity contribution in [3.05, 3.63) is 59.3 Å². The molecule has 0 saturated carbocycles. The number of rotatable bonds is 5. The van der Waals surface area contributed by atoms with Crippen LogP contribution < -0.4 is 5.43 Å². The first-order chi connectivity index (χ1) is 13.6. The van der Waals surface area contributed by atoms with Gasteiger partial charge in [-0.2, -0.15) is 10.6 Å². The summed E-state index contributed by atoms with van der Waals surface area (Å²) in [6.07, 6.45) is 0.376. The number of H-pyrrole nitrogens is 1. The van der Waals surface area contributed by atoms with Gasteiger partial charge in [-0.15, -0.1) is 10.2 Å². The summed E-state index contributed by atoms with van der Waals surface area (Å²) in [5.41, 5.74) is 6.70. The van der Waals surface area contributed by atoms with Gasteiger partial charge in [0.1, 0.15) is 6.54 Å². The van der Waals surface area contributed by atoms with Gasteiger partial charge in [-0.05, 0) is 16.3 Å². The lowest BCUT2D eigenvalue weighted by Gasteiger charge is -2.36. The molecule has 1 unspecified atom stereocenters. The maximum Gasteiger partial charge on any atom is 0.241 e. The van der Waals surface area contributed by atoms with Crippen molar-refractivity contribution in [3.8, 4) is 22.5 Å². The average Bonchev–Trinajstić information content (AvgIpc) is 3.38. The van der Waals surface area contributed by atoms with Gasteiger partial charge < -0.3 is 9.85 Å². The highest BCUT2D eigenvalue weighted by Crippen LogP contribution is 2.30. The predicted octanol–water partition coefficient (Wildman–Crippen LogP) is 2.02. The zero-order valence-corrected chi connectivity index (χ0v) is 15.5. The van der Waals surface area contributed by atoms with Gasteiger partial charge >= 0.3 is 0 Å². The molecule has 9 heteroatoms. The first-order valence-corrected chi connectivity index (χ1v) is 9.11. The number of aromatic amines is 1. The highest BCUT2D eigenvalue weighted by Gasteiger charge is 2.31. The molecule has 2 aromatic carbocycles. The number of aromatic nitrogens is 4. The van der Waals surface area contributed by atoms with Crippen LogP contribution in [-0.4, -0.2) is 49.5 Å². The standard InChI is InChI=1S/C19H21N7O2/c1-2-18(27)25-13-26(28,12-20-25)11-14-7-9-15(10-8-14)16-5-3-4-6-17(16)19-21-23-24-22-19/h3-10,20H,2,11-13H2,1H3,(H,21,22,23,24). The largest absolute Gasteiger partial charge is 0.630 e. The molecule has 1 atom stereocenters. The third-order valence-electron chi connectivity index (χ3n) is 4.80. The molecule has 4 rings (SSSR count). The van der Waals surface area contributed by atoms with E-state index in [1.54, 1.807) is 6.92 Å². The molecule has 9 nitrogen and oxygen atoms in total. The molecule has 1 saturated heterocycles. The number of carbonyl (C=O) groups is 1. The van der Waals surface area contributed by atoms with Crippen LogP contribution in [0.15, 0.2) is 48.5 Å². The molecule has 2 heterocycles. The Labute approximate surface area is 162 Å². The third-order valence-corrected chi connectivity index (χ3v) is 4.80. The Bertz CT molecular complexity index is 959. The fourth-order valence-electron chi connectivity index (χ4n) is 3.36. The zero-order chi connectivity index (χ0) is 19.6. The van der Waals surface area contributed by atoms with Gasteiger partial charge in [0.2, 0.25) is 11.7 Å². The number of benzene rings is 2. The summed E-state index contributed by atoms with van der Waals surface area (Å²) < 4.78 is -0.496. The summed E-state index contributed by atoms with van der Waals surface area (Å²) >= 11 is 0. The molecule has 1 amide bonds. The van der Waals surface area contributed by atoms with Gasteiger partial charge in [0.25, 0.3) is 0 Å². The van der Waals surface area contributed by atoms with Crippen LogP contribution in [0, 0.1) is 5.21 Å². The van der Waals surface area contributed by atoms with E-state index in [1.807, 2.05) is 48.5 Å². The van der Waals surface area contributed by atoms with Crippen LogP contribution in [0.4, 0.5) is 0 Å². The van der Waals surface area contributed by atoms with Crippen LogP contribution in [0.5, 0.6) is 0 Å². The second kappa shape index (κ2) is 7.47. The van der Waals surface area contributed by atoms with Crippen LogP contribution in [0.2, 0.25) is 0 Å². The van der Waals surface area contributed by atoms with E-state index in [9.17, 15) is 10.0 Å². The van der Waals surface area contributed by atoms with E-state index in [0.717, 1.165) is 22.3 Å². The molecule has 1 aromatic heterocycles. The normalized spacial score (nSPS) is 19.1. The minimum atomic E-state index is -0.496. The van der Waals surface area contributed by atoms with Gasteiger partial charge in [-0.25, -0.2) is 5.01 Å². The minimum Gasteiger partial charge on any atom is -0.630 e. The summed E-state index contributed by atoms with van der Waals surface area (Å²) in [6.45, 7) is 2.39. The summed E-state index contributed by atoms with van der Waals surface area (Å²) in [5, 5.41) is 28.6. The van der Waals surface area contributed by atoms with E-state index in [1.165, 1.54) is 5.01 Å². The van der Waals surface area contributed by atoms with Gasteiger partial charge in [0, 0.05) is 17.5 Å². The summed E-state index contributed by atoms with van der Waals surface area (Å²) in [5.74, 6) is 0.469. The van der Waals surface area contributed by atoms with Crippen LogP contribution in [-0.2, 0) is 11.3 Å². The molecule has 0 spiro atoms. The number of hydroxylamine groups is 3. The number of hydrazine groups is 1. The van der Waals surface area contributed by atoms with E-state index in [2.05, 4.69) is 26.0 Å². The fraction of sp³-hybridized carbons (Fsp3) is 0.263.